The Kier molecular flexibility index (Phi) is 4.43. The lowest BCUT2D eigenvalue weighted by Crippen LogP contribution is -2.49. The van der Waals surface area contributed by atoms with Gasteiger partial charge in [0.1, 0.15) is 6.04 Å². The molecule has 130 valence electrons. The summed E-state index contributed by atoms with van der Waals surface area (Å²) >= 11 is 0. The molecule has 1 aromatic carbocycles. The highest BCUT2D eigenvalue weighted by molar-refractivity contribution is 7.80. The van der Waals surface area contributed by atoms with E-state index in [0.717, 1.165) is 5.56 Å². The molecule has 1 aromatic rings. The lowest BCUT2D eigenvalue weighted by atomic mass is 10.0. The number of urea groups is 1. The predicted molar refractivity (Wildman–Crippen MR) is 81.7 cm³/mol. The Morgan fingerprint density at radius 1 is 1.29 bits per heavy atom. The highest BCUT2D eigenvalue weighted by Gasteiger charge is 2.49. The molecule has 2 aliphatic heterocycles. The molecule has 2 aliphatic rings. The van der Waals surface area contributed by atoms with Crippen molar-refractivity contribution in [3.63, 3.8) is 0 Å². The minimum Gasteiger partial charge on any atom is -0.350 e. The number of hydroxylamine groups is 2. The Morgan fingerprint density at radius 2 is 2.00 bits per heavy atom. The van der Waals surface area contributed by atoms with Crippen LogP contribution in [0.2, 0.25) is 0 Å². The first kappa shape index (κ1) is 16.7. The van der Waals surface area contributed by atoms with Crippen LogP contribution in [0.15, 0.2) is 30.3 Å². The lowest BCUT2D eigenvalue weighted by molar-refractivity contribution is -0.126. The zero-order valence-corrected chi connectivity index (χ0v) is 13.5. The Balaban J connectivity index is 1.64. The quantitative estimate of drug-likeness (QED) is 0.734. The molecule has 0 spiro atoms. The predicted octanol–water partition coefficient (Wildman–Crippen LogP) is 0.306. The first-order chi connectivity index (χ1) is 11.3. The summed E-state index contributed by atoms with van der Waals surface area (Å²) < 4.78 is 34.8. The van der Waals surface area contributed by atoms with Crippen molar-refractivity contribution in [2.24, 2.45) is 0 Å². The number of carbonyl (C=O) groups is 2. The summed E-state index contributed by atoms with van der Waals surface area (Å²) in [6.45, 7) is 0.518. The molecule has 9 nitrogen and oxygen atoms in total. The summed E-state index contributed by atoms with van der Waals surface area (Å²) in [7, 11) is -4.79. The topological polar surface area (TPSA) is 116 Å². The zero-order chi connectivity index (χ0) is 17.3. The van der Waals surface area contributed by atoms with E-state index < -0.39 is 28.5 Å². The van der Waals surface area contributed by atoms with Crippen LogP contribution in [0.25, 0.3) is 0 Å². The van der Waals surface area contributed by atoms with E-state index in [0.29, 0.717) is 24.4 Å². The second kappa shape index (κ2) is 6.38. The molecule has 0 saturated carbocycles. The molecule has 2 saturated heterocycles. The maximum absolute atomic E-state index is 12.4. The molecular formula is C14H17N3O6S. The summed E-state index contributed by atoms with van der Waals surface area (Å²) in [6, 6.07) is 7.42. The van der Waals surface area contributed by atoms with Crippen LogP contribution >= 0.6 is 0 Å². The van der Waals surface area contributed by atoms with Crippen LogP contribution in [0.1, 0.15) is 18.4 Å². The van der Waals surface area contributed by atoms with Crippen molar-refractivity contribution in [3.05, 3.63) is 35.9 Å². The molecule has 24 heavy (non-hydrogen) atoms. The molecule has 2 atom stereocenters. The highest BCUT2D eigenvalue weighted by atomic mass is 32.3. The molecule has 3 amide bonds. The number of nitrogens with zero attached hydrogens (tertiary/aromatic N) is 2. The summed E-state index contributed by atoms with van der Waals surface area (Å²) in [6.07, 6.45) is 0.795. The van der Waals surface area contributed by atoms with Crippen molar-refractivity contribution in [1.82, 2.24) is 15.3 Å². The van der Waals surface area contributed by atoms with Gasteiger partial charge in [0.15, 0.2) is 0 Å². The fourth-order valence-electron chi connectivity index (χ4n) is 3.01. The van der Waals surface area contributed by atoms with Crippen molar-refractivity contribution in [2.75, 3.05) is 6.54 Å². The van der Waals surface area contributed by atoms with Gasteiger partial charge in [0.05, 0.1) is 6.04 Å². The summed E-state index contributed by atoms with van der Waals surface area (Å²) in [5, 5.41) is 3.40. The number of piperidine rings is 1. The Labute approximate surface area is 139 Å². The summed E-state index contributed by atoms with van der Waals surface area (Å²) in [4.78, 5) is 25.9. The number of rotatable bonds is 5. The van der Waals surface area contributed by atoms with Gasteiger partial charge >= 0.3 is 16.4 Å². The lowest BCUT2D eigenvalue weighted by Gasteiger charge is -2.29. The van der Waals surface area contributed by atoms with E-state index in [1.165, 1.54) is 4.90 Å². The van der Waals surface area contributed by atoms with Gasteiger partial charge in [-0.2, -0.15) is 13.5 Å². The van der Waals surface area contributed by atoms with Crippen molar-refractivity contribution in [1.29, 1.82) is 0 Å². The standard InChI is InChI=1S/C14H17N3O6S/c18-13(15-8-10-4-2-1-3-5-10)12-7-6-11-9-16(12)14(19)17(11)23-24(20,21)22/h1-5,11-12H,6-9H2,(H,15,18)(H,20,21,22)/t11-,12+/m1/s1. The van der Waals surface area contributed by atoms with Gasteiger partial charge in [0, 0.05) is 13.1 Å². The van der Waals surface area contributed by atoms with Crippen molar-refractivity contribution in [3.8, 4) is 0 Å². The van der Waals surface area contributed by atoms with E-state index in [2.05, 4.69) is 9.60 Å². The molecule has 0 unspecified atom stereocenters. The maximum Gasteiger partial charge on any atom is 0.418 e. The first-order valence-corrected chi connectivity index (χ1v) is 8.80. The van der Waals surface area contributed by atoms with Gasteiger partial charge in [0.25, 0.3) is 0 Å². The highest BCUT2D eigenvalue weighted by Crippen LogP contribution is 2.30. The molecule has 2 N–H and O–H groups in total. The SMILES string of the molecule is O=C(NCc1ccccc1)[C@@H]1CC[C@@H]2CN1C(=O)N2OS(=O)(=O)O. The Morgan fingerprint density at radius 3 is 2.67 bits per heavy atom. The second-order valence-electron chi connectivity index (χ2n) is 5.71. The fourth-order valence-corrected chi connectivity index (χ4v) is 3.40. The molecular weight excluding hydrogens is 338 g/mol. The molecule has 0 radical (unpaired) electrons. The number of hydrogen-bond acceptors (Lipinski definition) is 5. The monoisotopic (exact) mass is 355 g/mol. The molecule has 2 bridgehead atoms. The smallest absolute Gasteiger partial charge is 0.350 e. The van der Waals surface area contributed by atoms with Crippen LogP contribution < -0.4 is 5.32 Å². The average Bonchev–Trinajstić information content (AvgIpc) is 2.77. The third-order valence-electron chi connectivity index (χ3n) is 4.11. The minimum atomic E-state index is -4.79. The maximum atomic E-state index is 12.4. The van der Waals surface area contributed by atoms with E-state index in [-0.39, 0.29) is 12.5 Å². The number of nitrogens with one attached hydrogen (secondary N) is 1. The van der Waals surface area contributed by atoms with Crippen LogP contribution in [0.5, 0.6) is 0 Å². The van der Waals surface area contributed by atoms with Crippen molar-refractivity contribution >= 4 is 22.3 Å². The number of amides is 3. The van der Waals surface area contributed by atoms with Gasteiger partial charge in [-0.15, -0.1) is 4.28 Å². The van der Waals surface area contributed by atoms with Crippen LogP contribution in [0.3, 0.4) is 0 Å². The van der Waals surface area contributed by atoms with Crippen LogP contribution in [-0.4, -0.2) is 53.5 Å². The molecule has 2 heterocycles. The minimum absolute atomic E-state index is 0.178. The van der Waals surface area contributed by atoms with Gasteiger partial charge in [-0.25, -0.2) is 4.79 Å². The third kappa shape index (κ3) is 3.50. The van der Waals surface area contributed by atoms with Crippen LogP contribution in [0.4, 0.5) is 4.79 Å². The number of hydrogen-bond donors (Lipinski definition) is 2. The normalized spacial score (nSPS) is 23.5. The number of fused-ring (bicyclic) bond motifs is 2. The second-order valence-corrected chi connectivity index (χ2v) is 6.72. The van der Waals surface area contributed by atoms with Gasteiger partial charge < -0.3 is 10.2 Å². The van der Waals surface area contributed by atoms with Crippen molar-refractivity contribution in [2.45, 2.75) is 31.5 Å². The van der Waals surface area contributed by atoms with Gasteiger partial charge in [-0.3, -0.25) is 9.35 Å². The Hall–Kier alpha value is -2.17. The van der Waals surface area contributed by atoms with Gasteiger partial charge in [-0.1, -0.05) is 30.3 Å². The van der Waals surface area contributed by atoms with E-state index in [1.807, 2.05) is 30.3 Å². The fraction of sp³-hybridized carbons (Fsp3) is 0.429. The summed E-state index contributed by atoms with van der Waals surface area (Å²) in [5.74, 6) is -0.306. The van der Waals surface area contributed by atoms with E-state index >= 15 is 0 Å². The molecule has 10 heteroatoms. The van der Waals surface area contributed by atoms with E-state index in [1.54, 1.807) is 0 Å². The third-order valence-corrected chi connectivity index (χ3v) is 4.46. The first-order valence-electron chi connectivity index (χ1n) is 7.43. The molecule has 2 fully saturated rings. The molecule has 3 rings (SSSR count). The largest absolute Gasteiger partial charge is 0.418 e. The van der Waals surface area contributed by atoms with Gasteiger partial charge in [0.2, 0.25) is 5.91 Å². The van der Waals surface area contributed by atoms with Crippen LogP contribution in [0, 0.1) is 0 Å². The summed E-state index contributed by atoms with van der Waals surface area (Å²) in [5.41, 5.74) is 0.934. The Bertz CT molecular complexity index is 738. The molecule has 0 aliphatic carbocycles. The average molecular weight is 355 g/mol. The zero-order valence-electron chi connectivity index (χ0n) is 12.7. The van der Waals surface area contributed by atoms with Crippen molar-refractivity contribution < 1.29 is 26.8 Å². The molecule has 0 aromatic heterocycles. The van der Waals surface area contributed by atoms with E-state index in [4.69, 9.17) is 4.55 Å². The van der Waals surface area contributed by atoms with Gasteiger partial charge in [-0.05, 0) is 18.4 Å². The number of benzene rings is 1. The van der Waals surface area contributed by atoms with Crippen LogP contribution in [-0.2, 0) is 26.0 Å². The van der Waals surface area contributed by atoms with E-state index in [9.17, 15) is 18.0 Å². The number of carbonyl (C=O) groups excluding carboxylic acids is 2.